The molecule has 1 aliphatic heterocycles. The predicted molar refractivity (Wildman–Crippen MR) is 62.8 cm³/mol. The fourth-order valence-electron chi connectivity index (χ4n) is 1.82. The quantitative estimate of drug-likeness (QED) is 0.615. The van der Waals surface area contributed by atoms with Gasteiger partial charge in [0.1, 0.15) is 9.84 Å². The van der Waals surface area contributed by atoms with Gasteiger partial charge in [0.05, 0.1) is 18.4 Å². The van der Waals surface area contributed by atoms with Crippen LogP contribution in [0.25, 0.3) is 0 Å². The van der Waals surface area contributed by atoms with Crippen LogP contribution in [0, 0.1) is 11.3 Å². The van der Waals surface area contributed by atoms with E-state index in [-0.39, 0.29) is 5.75 Å². The van der Waals surface area contributed by atoms with Gasteiger partial charge in [0, 0.05) is 32.4 Å². The molecule has 0 aromatic carbocycles. The minimum Gasteiger partial charge on any atom is -0.301 e. The van der Waals surface area contributed by atoms with Gasteiger partial charge in [-0.1, -0.05) is 0 Å². The van der Waals surface area contributed by atoms with Gasteiger partial charge in [-0.15, -0.1) is 0 Å². The van der Waals surface area contributed by atoms with E-state index < -0.39 is 9.84 Å². The molecule has 1 aliphatic rings. The normalized spacial score (nSPS) is 19.5. The van der Waals surface area contributed by atoms with Crippen molar-refractivity contribution in [3.63, 3.8) is 0 Å². The molecule has 1 rings (SSSR count). The standard InChI is InChI=1S/C10H19N3O2S/c1-16(14,15)10-2-4-12-6-8-13(5-3-11)9-7-12/h2,4-10H2,1H3. The van der Waals surface area contributed by atoms with Gasteiger partial charge >= 0.3 is 0 Å². The highest BCUT2D eigenvalue weighted by Crippen LogP contribution is 2.02. The van der Waals surface area contributed by atoms with E-state index in [0.717, 1.165) is 32.7 Å². The molecule has 0 aliphatic carbocycles. The Morgan fingerprint density at radius 1 is 1.19 bits per heavy atom. The Kier molecular flexibility index (Phi) is 5.19. The van der Waals surface area contributed by atoms with E-state index >= 15 is 0 Å². The fraction of sp³-hybridized carbons (Fsp3) is 0.900. The summed E-state index contributed by atoms with van der Waals surface area (Å²) in [6.07, 6.45) is 1.98. The van der Waals surface area contributed by atoms with Crippen molar-refractivity contribution in [2.24, 2.45) is 0 Å². The molecule has 0 saturated carbocycles. The molecule has 1 heterocycles. The monoisotopic (exact) mass is 245 g/mol. The Morgan fingerprint density at radius 2 is 1.75 bits per heavy atom. The summed E-state index contributed by atoms with van der Waals surface area (Å²) in [6, 6.07) is 2.14. The number of hydrogen-bond donors (Lipinski definition) is 0. The molecule has 0 radical (unpaired) electrons. The van der Waals surface area contributed by atoms with Gasteiger partial charge in [0.25, 0.3) is 0 Å². The van der Waals surface area contributed by atoms with Crippen molar-refractivity contribution in [1.82, 2.24) is 9.80 Å². The van der Waals surface area contributed by atoms with Gasteiger partial charge in [0.2, 0.25) is 0 Å². The second-order valence-electron chi connectivity index (χ2n) is 4.26. The van der Waals surface area contributed by atoms with Crippen molar-refractivity contribution in [3.8, 4) is 6.07 Å². The van der Waals surface area contributed by atoms with Crippen molar-refractivity contribution in [2.75, 3.05) is 51.3 Å². The van der Waals surface area contributed by atoms with Crippen LogP contribution in [0.5, 0.6) is 0 Å². The number of piperazine rings is 1. The van der Waals surface area contributed by atoms with Crippen LogP contribution in [0.2, 0.25) is 0 Å². The summed E-state index contributed by atoms with van der Waals surface area (Å²) in [7, 11) is -2.82. The zero-order chi connectivity index (χ0) is 12.0. The Bertz CT molecular complexity index is 340. The molecule has 92 valence electrons. The minimum absolute atomic E-state index is 0.269. The van der Waals surface area contributed by atoms with Crippen molar-refractivity contribution >= 4 is 9.84 Å². The molecule has 1 fully saturated rings. The van der Waals surface area contributed by atoms with Crippen LogP contribution < -0.4 is 0 Å². The Morgan fingerprint density at radius 3 is 2.25 bits per heavy atom. The third kappa shape index (κ3) is 5.45. The van der Waals surface area contributed by atoms with E-state index in [4.69, 9.17) is 5.26 Å². The van der Waals surface area contributed by atoms with Crippen LogP contribution in [0.3, 0.4) is 0 Å². The smallest absolute Gasteiger partial charge is 0.147 e. The van der Waals surface area contributed by atoms with E-state index in [1.54, 1.807) is 0 Å². The Balaban J connectivity index is 2.16. The number of nitrogens with zero attached hydrogens (tertiary/aromatic N) is 3. The highest BCUT2D eigenvalue weighted by atomic mass is 32.2. The van der Waals surface area contributed by atoms with Crippen molar-refractivity contribution < 1.29 is 8.42 Å². The molecule has 1 saturated heterocycles. The van der Waals surface area contributed by atoms with Crippen molar-refractivity contribution in [1.29, 1.82) is 5.26 Å². The summed E-state index contributed by atoms with van der Waals surface area (Å²) >= 11 is 0. The SMILES string of the molecule is CS(=O)(=O)CCCN1CCN(CC#N)CC1. The lowest BCUT2D eigenvalue weighted by Crippen LogP contribution is -2.46. The first-order valence-electron chi connectivity index (χ1n) is 5.50. The highest BCUT2D eigenvalue weighted by molar-refractivity contribution is 7.90. The van der Waals surface area contributed by atoms with Gasteiger partial charge < -0.3 is 4.90 Å². The average Bonchev–Trinajstić information content (AvgIpc) is 2.19. The maximum atomic E-state index is 10.9. The molecule has 0 amide bonds. The van der Waals surface area contributed by atoms with Crippen LogP contribution in [0.4, 0.5) is 0 Å². The molecular formula is C10H19N3O2S. The second kappa shape index (κ2) is 6.18. The molecule has 6 heteroatoms. The number of sulfone groups is 1. The maximum Gasteiger partial charge on any atom is 0.147 e. The van der Waals surface area contributed by atoms with E-state index in [2.05, 4.69) is 15.9 Å². The van der Waals surface area contributed by atoms with Gasteiger partial charge in [-0.05, 0) is 13.0 Å². The third-order valence-corrected chi connectivity index (χ3v) is 3.78. The predicted octanol–water partition coefficient (Wildman–Crippen LogP) is -0.438. The zero-order valence-electron chi connectivity index (χ0n) is 9.72. The van der Waals surface area contributed by atoms with Crippen LogP contribution in [0.15, 0.2) is 0 Å². The second-order valence-corrected chi connectivity index (χ2v) is 6.52. The third-order valence-electron chi connectivity index (χ3n) is 2.75. The van der Waals surface area contributed by atoms with Gasteiger partial charge in [-0.25, -0.2) is 8.42 Å². The summed E-state index contributed by atoms with van der Waals surface area (Å²) < 4.78 is 21.9. The molecular weight excluding hydrogens is 226 g/mol. The van der Waals surface area contributed by atoms with Crippen molar-refractivity contribution in [2.45, 2.75) is 6.42 Å². The van der Waals surface area contributed by atoms with E-state index in [1.807, 2.05) is 0 Å². The summed E-state index contributed by atoms with van der Waals surface area (Å²) in [4.78, 5) is 4.38. The van der Waals surface area contributed by atoms with Crippen LogP contribution >= 0.6 is 0 Å². The molecule has 0 bridgehead atoms. The van der Waals surface area contributed by atoms with Crippen LogP contribution in [-0.2, 0) is 9.84 Å². The summed E-state index contributed by atoms with van der Waals surface area (Å²) in [5, 5.41) is 8.54. The van der Waals surface area contributed by atoms with Gasteiger partial charge in [-0.3, -0.25) is 4.90 Å². The van der Waals surface area contributed by atoms with E-state index in [0.29, 0.717) is 13.0 Å². The fourth-order valence-corrected chi connectivity index (χ4v) is 2.47. The van der Waals surface area contributed by atoms with Crippen LogP contribution in [-0.4, -0.2) is 69.5 Å². The number of nitriles is 1. The Labute approximate surface area is 97.6 Å². The largest absolute Gasteiger partial charge is 0.301 e. The summed E-state index contributed by atoms with van der Waals surface area (Å²) in [5.74, 6) is 0.269. The van der Waals surface area contributed by atoms with Crippen LogP contribution in [0.1, 0.15) is 6.42 Å². The molecule has 0 spiro atoms. The molecule has 0 aromatic rings. The maximum absolute atomic E-state index is 10.9. The summed E-state index contributed by atoms with van der Waals surface area (Å²) in [5.41, 5.74) is 0. The Hall–Kier alpha value is -0.640. The number of hydrogen-bond acceptors (Lipinski definition) is 5. The summed E-state index contributed by atoms with van der Waals surface area (Å²) in [6.45, 7) is 5.03. The molecule has 0 atom stereocenters. The first kappa shape index (κ1) is 13.4. The van der Waals surface area contributed by atoms with Gasteiger partial charge in [0.15, 0.2) is 0 Å². The highest BCUT2D eigenvalue weighted by Gasteiger charge is 2.16. The lowest BCUT2D eigenvalue weighted by Gasteiger charge is -2.33. The molecule has 16 heavy (non-hydrogen) atoms. The molecule has 5 nitrogen and oxygen atoms in total. The van der Waals surface area contributed by atoms with Crippen molar-refractivity contribution in [3.05, 3.63) is 0 Å². The molecule has 0 N–H and O–H groups in total. The first-order chi connectivity index (χ1) is 7.51. The molecule has 0 unspecified atom stereocenters. The average molecular weight is 245 g/mol. The lowest BCUT2D eigenvalue weighted by molar-refractivity contribution is 0.144. The van der Waals surface area contributed by atoms with E-state index in [1.165, 1.54) is 6.26 Å². The van der Waals surface area contributed by atoms with E-state index in [9.17, 15) is 8.42 Å². The molecule has 0 aromatic heterocycles. The lowest BCUT2D eigenvalue weighted by atomic mass is 10.3. The van der Waals surface area contributed by atoms with Gasteiger partial charge in [-0.2, -0.15) is 5.26 Å². The minimum atomic E-state index is -2.82. The number of rotatable bonds is 5. The zero-order valence-corrected chi connectivity index (χ0v) is 10.5. The topological polar surface area (TPSA) is 64.4 Å². The first-order valence-corrected chi connectivity index (χ1v) is 7.57.